The lowest BCUT2D eigenvalue weighted by molar-refractivity contribution is 0.0480. The van der Waals surface area contributed by atoms with Gasteiger partial charge in [-0.3, -0.25) is 9.89 Å². The van der Waals surface area contributed by atoms with Crippen LogP contribution in [-0.2, 0) is 4.74 Å². The van der Waals surface area contributed by atoms with Gasteiger partial charge in [-0.05, 0) is 71.1 Å². The number of hydrogen-bond acceptors (Lipinski definition) is 8. The lowest BCUT2D eigenvalue weighted by atomic mass is 9.93. The molecule has 11 nitrogen and oxygen atoms in total. The van der Waals surface area contributed by atoms with Crippen LogP contribution in [0.5, 0.6) is 0 Å². The molecule has 1 aliphatic carbocycles. The molecule has 1 saturated heterocycles. The molecule has 2 fully saturated rings. The molecule has 1 amide bonds. The Balaban J connectivity index is 0.000000207. The van der Waals surface area contributed by atoms with E-state index in [-0.39, 0.29) is 29.9 Å². The number of furan rings is 1. The van der Waals surface area contributed by atoms with E-state index in [0.29, 0.717) is 28.7 Å². The zero-order valence-electron chi connectivity index (χ0n) is 21.9. The molecule has 4 aromatic heterocycles. The number of rotatable bonds is 4. The number of fused-ring (bicyclic) bond motifs is 2. The summed E-state index contributed by atoms with van der Waals surface area (Å²) >= 11 is 0. The van der Waals surface area contributed by atoms with Gasteiger partial charge < -0.3 is 24.5 Å². The van der Waals surface area contributed by atoms with Crippen LogP contribution in [0.1, 0.15) is 52.9 Å². The largest absolute Gasteiger partial charge is 0.454 e. The van der Waals surface area contributed by atoms with Crippen LogP contribution in [0.4, 0.5) is 10.6 Å². The number of imidazole rings is 1. The van der Waals surface area contributed by atoms with Gasteiger partial charge in [0.15, 0.2) is 11.4 Å². The van der Waals surface area contributed by atoms with Crippen LogP contribution < -0.4 is 15.8 Å². The number of nitrogens with zero attached hydrogens (tertiary/aromatic N) is 4. The van der Waals surface area contributed by atoms with Crippen molar-refractivity contribution in [1.29, 1.82) is 0 Å². The summed E-state index contributed by atoms with van der Waals surface area (Å²) < 4.78 is 12.7. The maximum atomic E-state index is 11.7. The standard InChI is InChI=1S/C18H17N5O3.C9H17NO2/c24-10-11-2-1-7-22(11)18-12-8-15(26-14(12)5-6-19-18)13-9-20-16-3-4-17(25)21-23(13)16;1-9(2,3)12-8(11)10-7-5-4-6-7/h3-6,8-9,11,24H,1-2,7,10H2,(H,21,25);7H,4-6H2,1-3H3,(H,10,11). The molecule has 1 saturated carbocycles. The number of aromatic amines is 1. The Morgan fingerprint density at radius 2 is 2.03 bits per heavy atom. The molecular formula is C27H34N6O5. The molecule has 1 atom stereocenters. The third-order valence-corrected chi connectivity index (χ3v) is 6.76. The SMILES string of the molecule is CC(C)(C)OC(=O)NC1CCC1.O=c1ccc2ncc(-c3cc4c(N5CCCC5CO)nccc4o3)n2[nH]1. The number of hydrogen-bond donors (Lipinski definition) is 3. The lowest BCUT2D eigenvalue weighted by Crippen LogP contribution is -2.42. The van der Waals surface area contributed by atoms with Gasteiger partial charge in [0.2, 0.25) is 0 Å². The Labute approximate surface area is 219 Å². The monoisotopic (exact) mass is 522 g/mol. The van der Waals surface area contributed by atoms with E-state index in [1.807, 2.05) is 32.9 Å². The summed E-state index contributed by atoms with van der Waals surface area (Å²) in [6.07, 6.45) is 8.50. The highest BCUT2D eigenvalue weighted by Crippen LogP contribution is 2.35. The quantitative estimate of drug-likeness (QED) is 0.367. The molecule has 38 heavy (non-hydrogen) atoms. The molecule has 4 aromatic rings. The first-order chi connectivity index (χ1) is 18.2. The van der Waals surface area contributed by atoms with Crippen LogP contribution in [0.2, 0.25) is 0 Å². The number of alkyl carbamates (subject to hydrolysis) is 1. The molecule has 1 aliphatic heterocycles. The average Bonchev–Trinajstić information content (AvgIpc) is 3.57. The smallest absolute Gasteiger partial charge is 0.407 e. The van der Waals surface area contributed by atoms with Crippen molar-refractivity contribution < 1.29 is 19.1 Å². The van der Waals surface area contributed by atoms with Crippen molar-refractivity contribution in [1.82, 2.24) is 24.9 Å². The number of carbonyl (C=O) groups excluding carboxylic acids is 1. The third-order valence-electron chi connectivity index (χ3n) is 6.76. The van der Waals surface area contributed by atoms with E-state index >= 15 is 0 Å². The molecule has 6 rings (SSSR count). The molecule has 11 heteroatoms. The Morgan fingerprint density at radius 1 is 1.21 bits per heavy atom. The topological polar surface area (TPSA) is 138 Å². The minimum Gasteiger partial charge on any atom is -0.454 e. The predicted molar refractivity (Wildman–Crippen MR) is 143 cm³/mol. The van der Waals surface area contributed by atoms with Gasteiger partial charge in [-0.2, -0.15) is 0 Å². The van der Waals surface area contributed by atoms with Crippen molar-refractivity contribution >= 4 is 28.5 Å². The number of carbonyl (C=O) groups is 1. The summed E-state index contributed by atoms with van der Waals surface area (Å²) in [6, 6.07) is 7.28. The van der Waals surface area contributed by atoms with E-state index in [1.54, 1.807) is 23.0 Å². The van der Waals surface area contributed by atoms with Gasteiger partial charge in [0, 0.05) is 24.8 Å². The molecule has 1 unspecified atom stereocenters. The third kappa shape index (κ3) is 5.52. The van der Waals surface area contributed by atoms with Gasteiger partial charge in [0.25, 0.3) is 5.56 Å². The van der Waals surface area contributed by atoms with E-state index in [9.17, 15) is 14.7 Å². The summed E-state index contributed by atoms with van der Waals surface area (Å²) in [7, 11) is 0. The number of aromatic nitrogens is 4. The van der Waals surface area contributed by atoms with Crippen LogP contribution in [0.3, 0.4) is 0 Å². The molecule has 0 spiro atoms. The number of aliphatic hydroxyl groups is 1. The Hall–Kier alpha value is -3.86. The fourth-order valence-corrected chi connectivity index (χ4v) is 4.71. The highest BCUT2D eigenvalue weighted by Gasteiger charge is 2.27. The molecular weight excluding hydrogens is 488 g/mol. The molecule has 0 bridgehead atoms. The maximum Gasteiger partial charge on any atom is 0.407 e. The summed E-state index contributed by atoms with van der Waals surface area (Å²) in [6.45, 7) is 6.58. The van der Waals surface area contributed by atoms with Gasteiger partial charge in [0.05, 0.1) is 24.2 Å². The van der Waals surface area contributed by atoms with Crippen LogP contribution in [0.25, 0.3) is 28.1 Å². The molecule has 5 heterocycles. The number of aliphatic hydroxyl groups excluding tert-OH is 1. The fraction of sp³-hybridized carbons (Fsp3) is 0.481. The minimum atomic E-state index is -0.381. The molecule has 0 aromatic carbocycles. The van der Waals surface area contributed by atoms with Crippen LogP contribution in [-0.4, -0.2) is 61.6 Å². The van der Waals surface area contributed by atoms with Crippen molar-refractivity contribution in [2.24, 2.45) is 0 Å². The second-order valence-corrected chi connectivity index (χ2v) is 10.7. The van der Waals surface area contributed by atoms with E-state index in [0.717, 1.165) is 43.4 Å². The van der Waals surface area contributed by atoms with Crippen molar-refractivity contribution in [3.63, 3.8) is 0 Å². The second-order valence-electron chi connectivity index (χ2n) is 10.7. The van der Waals surface area contributed by atoms with Crippen LogP contribution in [0.15, 0.2) is 45.9 Å². The number of ether oxygens (including phenoxy) is 1. The van der Waals surface area contributed by atoms with Crippen molar-refractivity contribution in [3.05, 3.63) is 47.0 Å². The zero-order valence-corrected chi connectivity index (χ0v) is 21.9. The first-order valence-electron chi connectivity index (χ1n) is 13.0. The number of amides is 1. The summed E-state index contributed by atoms with van der Waals surface area (Å²) in [4.78, 5) is 33.8. The maximum absolute atomic E-state index is 11.7. The number of anilines is 1. The van der Waals surface area contributed by atoms with Gasteiger partial charge in [-0.15, -0.1) is 0 Å². The summed E-state index contributed by atoms with van der Waals surface area (Å²) in [5, 5.41) is 16.1. The van der Waals surface area contributed by atoms with Gasteiger partial charge in [0.1, 0.15) is 22.7 Å². The number of H-pyrrole nitrogens is 1. The first kappa shape index (κ1) is 25.8. The van der Waals surface area contributed by atoms with Crippen LogP contribution in [0, 0.1) is 0 Å². The molecule has 0 radical (unpaired) electrons. The average molecular weight is 523 g/mol. The van der Waals surface area contributed by atoms with E-state index in [4.69, 9.17) is 9.15 Å². The minimum absolute atomic E-state index is 0.0820. The first-order valence-corrected chi connectivity index (χ1v) is 13.0. The normalized spacial score (nSPS) is 17.8. The molecule has 202 valence electrons. The fourth-order valence-electron chi connectivity index (χ4n) is 4.71. The Morgan fingerprint density at radius 3 is 2.74 bits per heavy atom. The van der Waals surface area contributed by atoms with Crippen molar-refractivity contribution in [3.8, 4) is 11.5 Å². The second kappa shape index (κ2) is 10.5. The van der Waals surface area contributed by atoms with E-state index in [2.05, 4.69) is 25.3 Å². The number of nitrogens with one attached hydrogen (secondary N) is 2. The van der Waals surface area contributed by atoms with Gasteiger partial charge in [-0.1, -0.05) is 0 Å². The predicted octanol–water partition coefficient (Wildman–Crippen LogP) is 3.86. The van der Waals surface area contributed by atoms with E-state index in [1.165, 1.54) is 12.5 Å². The summed E-state index contributed by atoms with van der Waals surface area (Å²) in [5.74, 6) is 1.42. The zero-order chi connectivity index (χ0) is 26.9. The Bertz CT molecular complexity index is 1480. The van der Waals surface area contributed by atoms with Gasteiger partial charge >= 0.3 is 6.09 Å². The van der Waals surface area contributed by atoms with Gasteiger partial charge in [-0.25, -0.2) is 19.3 Å². The number of pyridine rings is 1. The highest BCUT2D eigenvalue weighted by molar-refractivity contribution is 5.92. The Kier molecular flexibility index (Phi) is 7.11. The lowest BCUT2D eigenvalue weighted by Gasteiger charge is -2.28. The molecule has 3 N–H and O–H groups in total. The van der Waals surface area contributed by atoms with Crippen molar-refractivity contribution in [2.45, 2.75) is 70.6 Å². The molecule has 2 aliphatic rings. The van der Waals surface area contributed by atoms with Crippen molar-refractivity contribution in [2.75, 3.05) is 18.1 Å². The van der Waals surface area contributed by atoms with E-state index < -0.39 is 0 Å². The highest BCUT2D eigenvalue weighted by atomic mass is 16.6. The van der Waals surface area contributed by atoms with Crippen LogP contribution >= 0.6 is 0 Å². The summed E-state index contributed by atoms with van der Waals surface area (Å²) in [5.41, 5.74) is 1.42.